The average molecular weight is 602 g/mol. The molecule has 0 amide bonds. The Morgan fingerprint density at radius 2 is 0.851 bits per heavy atom. The van der Waals surface area contributed by atoms with Gasteiger partial charge in [-0.1, -0.05) is 127 Å². The van der Waals surface area contributed by atoms with E-state index in [4.69, 9.17) is 19.7 Å². The molecule has 8 aromatic rings. The van der Waals surface area contributed by atoms with Crippen LogP contribution in [0.3, 0.4) is 0 Å². The van der Waals surface area contributed by atoms with Crippen molar-refractivity contribution >= 4 is 10.8 Å². The van der Waals surface area contributed by atoms with Gasteiger partial charge < -0.3 is 4.74 Å². The Morgan fingerprint density at radius 3 is 1.49 bits per heavy atom. The molecule has 1 aliphatic heterocycles. The minimum Gasteiger partial charge on any atom is -0.456 e. The van der Waals surface area contributed by atoms with Gasteiger partial charge in [-0.05, 0) is 69.6 Å². The van der Waals surface area contributed by atoms with Crippen molar-refractivity contribution in [2.75, 3.05) is 0 Å². The topological polar surface area (TPSA) is 47.9 Å². The van der Waals surface area contributed by atoms with Gasteiger partial charge in [0.25, 0.3) is 0 Å². The van der Waals surface area contributed by atoms with E-state index >= 15 is 0 Å². The van der Waals surface area contributed by atoms with Gasteiger partial charge >= 0.3 is 0 Å². The average Bonchev–Trinajstić information content (AvgIpc) is 3.15. The highest BCUT2D eigenvalue weighted by Crippen LogP contribution is 2.47. The summed E-state index contributed by atoms with van der Waals surface area (Å²) in [5.74, 6) is 3.46. The summed E-state index contributed by atoms with van der Waals surface area (Å²) in [6.07, 6.45) is 0. The molecule has 0 bridgehead atoms. The number of nitrogens with zero attached hydrogens (tertiary/aromatic N) is 3. The van der Waals surface area contributed by atoms with E-state index in [1.165, 1.54) is 5.56 Å². The van der Waals surface area contributed by atoms with Gasteiger partial charge in [-0.15, -0.1) is 0 Å². The molecule has 2 heterocycles. The first kappa shape index (κ1) is 27.0. The standard InChI is InChI=1S/C43H27N3O/c1-4-12-28(13-5-1)33-24-34(29-14-6-2-7-15-29)26-35(25-33)43-45-41(31-16-8-3-9-17-31)44-42(46-43)32-22-23-36-37-20-10-18-30-19-11-21-38(40(30)37)47-39(36)27-32/h1-27H. The summed E-state index contributed by atoms with van der Waals surface area (Å²) >= 11 is 0. The van der Waals surface area contributed by atoms with E-state index in [1.54, 1.807) is 0 Å². The molecule has 0 aliphatic carbocycles. The van der Waals surface area contributed by atoms with Crippen LogP contribution in [0.4, 0.5) is 0 Å². The van der Waals surface area contributed by atoms with E-state index in [1.807, 2.05) is 60.7 Å². The number of aromatic nitrogens is 3. The maximum Gasteiger partial charge on any atom is 0.164 e. The molecule has 0 saturated carbocycles. The van der Waals surface area contributed by atoms with E-state index < -0.39 is 0 Å². The molecular formula is C43H27N3O. The molecule has 0 spiro atoms. The molecule has 4 heteroatoms. The third-order valence-corrected chi connectivity index (χ3v) is 8.69. The molecule has 0 unspecified atom stereocenters. The van der Waals surface area contributed by atoms with Crippen molar-refractivity contribution in [3.63, 3.8) is 0 Å². The Bertz CT molecular complexity index is 2360. The molecule has 0 fully saturated rings. The van der Waals surface area contributed by atoms with E-state index in [2.05, 4.69) is 103 Å². The van der Waals surface area contributed by atoms with Gasteiger partial charge in [0.2, 0.25) is 0 Å². The molecule has 1 aromatic heterocycles. The fraction of sp³-hybridized carbons (Fsp3) is 0. The van der Waals surface area contributed by atoms with Crippen LogP contribution < -0.4 is 4.74 Å². The number of rotatable bonds is 5. The molecule has 4 nitrogen and oxygen atoms in total. The van der Waals surface area contributed by atoms with Crippen molar-refractivity contribution in [1.29, 1.82) is 0 Å². The number of hydrogen-bond donors (Lipinski definition) is 0. The van der Waals surface area contributed by atoms with Crippen LogP contribution in [0.15, 0.2) is 164 Å². The molecule has 0 N–H and O–H groups in total. The quantitative estimate of drug-likeness (QED) is 0.197. The Kier molecular flexibility index (Phi) is 6.43. The van der Waals surface area contributed by atoms with Crippen LogP contribution >= 0.6 is 0 Å². The van der Waals surface area contributed by atoms with Gasteiger partial charge in [0.05, 0.1) is 0 Å². The molecule has 0 saturated heterocycles. The lowest BCUT2D eigenvalue weighted by atomic mass is 9.94. The van der Waals surface area contributed by atoms with Crippen molar-refractivity contribution < 1.29 is 4.74 Å². The first-order chi connectivity index (χ1) is 23.3. The van der Waals surface area contributed by atoms with Crippen LogP contribution in [0, 0.1) is 0 Å². The van der Waals surface area contributed by atoms with Crippen LogP contribution in [-0.4, -0.2) is 15.0 Å². The number of fused-ring (bicyclic) bond motifs is 2. The third kappa shape index (κ3) is 4.93. The SMILES string of the molecule is c1ccc(-c2cc(-c3ccccc3)cc(-c3nc(-c4ccccc4)nc(-c4ccc5c(c4)Oc4cccc6cccc-5c46)n3)c2)cc1. The lowest BCUT2D eigenvalue weighted by Gasteiger charge is -2.21. The minimum absolute atomic E-state index is 0.587. The van der Waals surface area contributed by atoms with E-state index in [0.717, 1.165) is 66.8 Å². The van der Waals surface area contributed by atoms with Gasteiger partial charge in [-0.25, -0.2) is 15.0 Å². The molecule has 0 radical (unpaired) electrons. The molecule has 9 rings (SSSR count). The predicted molar refractivity (Wildman–Crippen MR) is 190 cm³/mol. The predicted octanol–water partition coefficient (Wildman–Crippen LogP) is 11.1. The Morgan fingerprint density at radius 1 is 0.319 bits per heavy atom. The molecule has 220 valence electrons. The number of benzene rings is 7. The van der Waals surface area contributed by atoms with Crippen LogP contribution in [0.1, 0.15) is 0 Å². The lowest BCUT2D eigenvalue weighted by Crippen LogP contribution is -2.02. The summed E-state index contributed by atoms with van der Waals surface area (Å²) in [5, 5.41) is 2.30. The highest BCUT2D eigenvalue weighted by molar-refractivity contribution is 6.04. The monoisotopic (exact) mass is 601 g/mol. The zero-order valence-corrected chi connectivity index (χ0v) is 25.3. The summed E-state index contributed by atoms with van der Waals surface area (Å²) in [5.41, 5.74) is 9.38. The van der Waals surface area contributed by atoms with Crippen molar-refractivity contribution in [3.8, 4) is 79.0 Å². The third-order valence-electron chi connectivity index (χ3n) is 8.69. The van der Waals surface area contributed by atoms with Gasteiger partial charge in [-0.2, -0.15) is 0 Å². The molecule has 47 heavy (non-hydrogen) atoms. The fourth-order valence-electron chi connectivity index (χ4n) is 6.40. The van der Waals surface area contributed by atoms with Crippen LogP contribution in [0.25, 0.3) is 78.3 Å². The second-order valence-electron chi connectivity index (χ2n) is 11.7. The van der Waals surface area contributed by atoms with Crippen molar-refractivity contribution in [3.05, 3.63) is 164 Å². The number of ether oxygens (including phenoxy) is 1. The lowest BCUT2D eigenvalue weighted by molar-refractivity contribution is 0.487. The van der Waals surface area contributed by atoms with E-state index in [-0.39, 0.29) is 0 Å². The summed E-state index contributed by atoms with van der Waals surface area (Å²) in [6.45, 7) is 0. The fourth-order valence-corrected chi connectivity index (χ4v) is 6.40. The van der Waals surface area contributed by atoms with Crippen molar-refractivity contribution in [1.82, 2.24) is 15.0 Å². The van der Waals surface area contributed by atoms with Crippen molar-refractivity contribution in [2.45, 2.75) is 0 Å². The van der Waals surface area contributed by atoms with Crippen molar-refractivity contribution in [2.24, 2.45) is 0 Å². The first-order valence-corrected chi connectivity index (χ1v) is 15.7. The maximum absolute atomic E-state index is 6.50. The highest BCUT2D eigenvalue weighted by atomic mass is 16.5. The van der Waals surface area contributed by atoms with Gasteiger partial charge in [0.1, 0.15) is 11.5 Å². The zero-order chi connectivity index (χ0) is 31.2. The van der Waals surface area contributed by atoms with Gasteiger partial charge in [0.15, 0.2) is 17.5 Å². The Balaban J connectivity index is 1.23. The number of hydrogen-bond acceptors (Lipinski definition) is 4. The van der Waals surface area contributed by atoms with Crippen LogP contribution in [0.2, 0.25) is 0 Å². The Hall–Kier alpha value is -6.39. The van der Waals surface area contributed by atoms with Crippen LogP contribution in [0.5, 0.6) is 11.5 Å². The summed E-state index contributed by atoms with van der Waals surface area (Å²) in [7, 11) is 0. The molecular weight excluding hydrogens is 574 g/mol. The van der Waals surface area contributed by atoms with Gasteiger partial charge in [-0.3, -0.25) is 0 Å². The Labute approximate surface area is 272 Å². The second kappa shape index (κ2) is 11.2. The largest absolute Gasteiger partial charge is 0.456 e. The molecule has 7 aromatic carbocycles. The van der Waals surface area contributed by atoms with E-state index in [0.29, 0.717) is 17.5 Å². The summed E-state index contributed by atoms with van der Waals surface area (Å²) in [4.78, 5) is 15.2. The van der Waals surface area contributed by atoms with Crippen LogP contribution in [-0.2, 0) is 0 Å². The highest BCUT2D eigenvalue weighted by Gasteiger charge is 2.22. The maximum atomic E-state index is 6.50. The van der Waals surface area contributed by atoms with E-state index in [9.17, 15) is 0 Å². The normalized spacial score (nSPS) is 11.6. The molecule has 0 atom stereocenters. The molecule has 1 aliphatic rings. The minimum atomic E-state index is 0.587. The van der Waals surface area contributed by atoms with Gasteiger partial charge in [0, 0.05) is 27.6 Å². The summed E-state index contributed by atoms with van der Waals surface area (Å²) < 4.78 is 6.50. The smallest absolute Gasteiger partial charge is 0.164 e. The first-order valence-electron chi connectivity index (χ1n) is 15.7. The zero-order valence-electron chi connectivity index (χ0n) is 25.3. The second-order valence-corrected chi connectivity index (χ2v) is 11.7. The summed E-state index contributed by atoms with van der Waals surface area (Å²) in [6, 6.07) is 56.3.